The molecular weight excluding hydrogens is 328 g/mol. The van der Waals surface area contributed by atoms with Crippen LogP contribution in [0.15, 0.2) is 24.3 Å². The SMILES string of the molecule is CS(=O)(=O)CCc1ccc(NC(=O)c2n[nH]c3c2CNCC3)cc1. The first-order valence-electron chi connectivity index (χ1n) is 7.77. The zero-order valence-corrected chi connectivity index (χ0v) is 14.2. The fourth-order valence-corrected chi connectivity index (χ4v) is 3.27. The maximum absolute atomic E-state index is 12.4. The Kier molecular flexibility index (Phi) is 4.68. The van der Waals surface area contributed by atoms with Crippen LogP contribution in [0, 0.1) is 0 Å². The van der Waals surface area contributed by atoms with Crippen LogP contribution in [-0.4, -0.2) is 43.1 Å². The first-order valence-corrected chi connectivity index (χ1v) is 9.83. The summed E-state index contributed by atoms with van der Waals surface area (Å²) < 4.78 is 22.4. The number of rotatable bonds is 5. The maximum Gasteiger partial charge on any atom is 0.276 e. The van der Waals surface area contributed by atoms with E-state index in [1.807, 2.05) is 12.1 Å². The molecule has 1 aliphatic rings. The van der Waals surface area contributed by atoms with Gasteiger partial charge in [-0.3, -0.25) is 9.89 Å². The number of nitrogens with zero attached hydrogens (tertiary/aromatic N) is 1. The van der Waals surface area contributed by atoms with Gasteiger partial charge in [0.2, 0.25) is 0 Å². The van der Waals surface area contributed by atoms with E-state index in [1.54, 1.807) is 12.1 Å². The number of aromatic amines is 1. The molecule has 0 saturated heterocycles. The lowest BCUT2D eigenvalue weighted by Gasteiger charge is -2.13. The molecule has 0 aliphatic carbocycles. The summed E-state index contributed by atoms with van der Waals surface area (Å²) >= 11 is 0. The van der Waals surface area contributed by atoms with Gasteiger partial charge in [0, 0.05) is 42.7 Å². The molecule has 0 atom stereocenters. The summed E-state index contributed by atoms with van der Waals surface area (Å²) in [6.07, 6.45) is 2.53. The van der Waals surface area contributed by atoms with Gasteiger partial charge in [0.1, 0.15) is 9.84 Å². The molecule has 3 rings (SSSR count). The number of fused-ring (bicyclic) bond motifs is 1. The summed E-state index contributed by atoms with van der Waals surface area (Å²) in [6.45, 7) is 1.52. The van der Waals surface area contributed by atoms with Crippen LogP contribution in [0.3, 0.4) is 0 Å². The van der Waals surface area contributed by atoms with E-state index >= 15 is 0 Å². The van der Waals surface area contributed by atoms with Gasteiger partial charge < -0.3 is 10.6 Å². The minimum Gasteiger partial charge on any atom is -0.321 e. The van der Waals surface area contributed by atoms with Crippen LogP contribution >= 0.6 is 0 Å². The van der Waals surface area contributed by atoms with E-state index in [9.17, 15) is 13.2 Å². The Morgan fingerprint density at radius 2 is 2.04 bits per heavy atom. The number of nitrogens with one attached hydrogen (secondary N) is 3. The van der Waals surface area contributed by atoms with Crippen LogP contribution in [-0.2, 0) is 29.2 Å². The van der Waals surface area contributed by atoms with Crippen molar-refractivity contribution in [2.75, 3.05) is 23.9 Å². The Bertz CT molecular complexity index is 841. The number of benzene rings is 1. The fourth-order valence-electron chi connectivity index (χ4n) is 2.66. The van der Waals surface area contributed by atoms with Crippen molar-refractivity contribution in [2.24, 2.45) is 0 Å². The topological polar surface area (TPSA) is 104 Å². The molecule has 2 aromatic rings. The van der Waals surface area contributed by atoms with Crippen molar-refractivity contribution in [1.82, 2.24) is 15.5 Å². The molecule has 0 fully saturated rings. The molecule has 0 unspecified atom stereocenters. The highest BCUT2D eigenvalue weighted by Crippen LogP contribution is 2.17. The lowest BCUT2D eigenvalue weighted by Crippen LogP contribution is -2.25. The Morgan fingerprint density at radius 1 is 1.29 bits per heavy atom. The smallest absolute Gasteiger partial charge is 0.276 e. The highest BCUT2D eigenvalue weighted by atomic mass is 32.2. The lowest BCUT2D eigenvalue weighted by atomic mass is 10.1. The van der Waals surface area contributed by atoms with Gasteiger partial charge in [-0.2, -0.15) is 5.10 Å². The number of carbonyl (C=O) groups is 1. The standard InChI is InChI=1S/C16H20N4O3S/c1-24(22,23)9-7-11-2-4-12(5-3-11)18-16(21)15-13-10-17-8-6-14(13)19-20-15/h2-5,17H,6-10H2,1H3,(H,18,21)(H,19,20). The van der Waals surface area contributed by atoms with Gasteiger partial charge >= 0.3 is 0 Å². The van der Waals surface area contributed by atoms with E-state index in [1.165, 1.54) is 6.26 Å². The molecule has 0 spiro atoms. The molecule has 0 bridgehead atoms. The highest BCUT2D eigenvalue weighted by molar-refractivity contribution is 7.90. The summed E-state index contributed by atoms with van der Waals surface area (Å²) in [6, 6.07) is 7.18. The van der Waals surface area contributed by atoms with Crippen molar-refractivity contribution < 1.29 is 13.2 Å². The second-order valence-corrected chi connectivity index (χ2v) is 8.25. The molecule has 24 heavy (non-hydrogen) atoms. The van der Waals surface area contributed by atoms with Crippen LogP contribution in [0.25, 0.3) is 0 Å². The van der Waals surface area contributed by atoms with Crippen LogP contribution in [0.5, 0.6) is 0 Å². The molecule has 1 amide bonds. The molecule has 2 heterocycles. The van der Waals surface area contributed by atoms with Crippen molar-refractivity contribution in [2.45, 2.75) is 19.4 Å². The van der Waals surface area contributed by atoms with Gasteiger partial charge in [0.25, 0.3) is 5.91 Å². The molecule has 0 saturated carbocycles. The molecule has 8 heteroatoms. The molecule has 1 aliphatic heterocycles. The number of carbonyl (C=O) groups excluding carboxylic acids is 1. The zero-order chi connectivity index (χ0) is 17.2. The van der Waals surface area contributed by atoms with E-state index in [2.05, 4.69) is 20.8 Å². The predicted octanol–water partition coefficient (Wildman–Crippen LogP) is 0.895. The number of hydrogen-bond donors (Lipinski definition) is 3. The van der Waals surface area contributed by atoms with E-state index in [0.29, 0.717) is 24.3 Å². The second kappa shape index (κ2) is 6.74. The number of amides is 1. The maximum atomic E-state index is 12.4. The normalized spacial score (nSPS) is 14.2. The highest BCUT2D eigenvalue weighted by Gasteiger charge is 2.21. The van der Waals surface area contributed by atoms with Crippen molar-refractivity contribution in [1.29, 1.82) is 0 Å². The Hall–Kier alpha value is -2.19. The third-order valence-corrected chi connectivity index (χ3v) is 4.94. The van der Waals surface area contributed by atoms with Gasteiger partial charge in [-0.1, -0.05) is 12.1 Å². The van der Waals surface area contributed by atoms with Crippen LogP contribution in [0.2, 0.25) is 0 Å². The first-order chi connectivity index (χ1) is 11.4. The van der Waals surface area contributed by atoms with Gasteiger partial charge in [-0.15, -0.1) is 0 Å². The Balaban J connectivity index is 1.65. The summed E-state index contributed by atoms with van der Waals surface area (Å²) in [7, 11) is -2.98. The largest absolute Gasteiger partial charge is 0.321 e. The first kappa shape index (κ1) is 16.7. The predicted molar refractivity (Wildman–Crippen MR) is 91.8 cm³/mol. The zero-order valence-electron chi connectivity index (χ0n) is 13.4. The van der Waals surface area contributed by atoms with Crippen LogP contribution < -0.4 is 10.6 Å². The third kappa shape index (κ3) is 4.01. The fraction of sp³-hybridized carbons (Fsp3) is 0.375. The molecule has 7 nitrogen and oxygen atoms in total. The summed E-state index contributed by atoms with van der Waals surface area (Å²) in [4.78, 5) is 12.4. The average molecular weight is 348 g/mol. The number of sulfone groups is 1. The van der Waals surface area contributed by atoms with E-state index in [0.717, 1.165) is 29.8 Å². The van der Waals surface area contributed by atoms with Crippen LogP contribution in [0.4, 0.5) is 5.69 Å². The van der Waals surface area contributed by atoms with E-state index in [4.69, 9.17) is 0 Å². The van der Waals surface area contributed by atoms with Gasteiger partial charge in [-0.25, -0.2) is 8.42 Å². The number of aryl methyl sites for hydroxylation is 1. The summed E-state index contributed by atoms with van der Waals surface area (Å²) in [5.74, 6) is -0.134. The van der Waals surface area contributed by atoms with Crippen molar-refractivity contribution in [3.05, 3.63) is 46.8 Å². The monoisotopic (exact) mass is 348 g/mol. The van der Waals surface area contributed by atoms with E-state index in [-0.39, 0.29) is 11.7 Å². The molecule has 0 radical (unpaired) electrons. The summed E-state index contributed by atoms with van der Waals surface area (Å²) in [5, 5.41) is 13.1. The second-order valence-electron chi connectivity index (χ2n) is 5.99. The minimum absolute atomic E-state index is 0.116. The number of anilines is 1. The molecule has 1 aromatic heterocycles. The van der Waals surface area contributed by atoms with E-state index < -0.39 is 9.84 Å². The van der Waals surface area contributed by atoms with Crippen molar-refractivity contribution in [3.8, 4) is 0 Å². The molecule has 128 valence electrons. The van der Waals surface area contributed by atoms with Crippen molar-refractivity contribution >= 4 is 21.4 Å². The lowest BCUT2D eigenvalue weighted by molar-refractivity contribution is 0.102. The number of H-pyrrole nitrogens is 1. The quantitative estimate of drug-likeness (QED) is 0.745. The van der Waals surface area contributed by atoms with Gasteiger partial charge in [-0.05, 0) is 24.1 Å². The van der Waals surface area contributed by atoms with Gasteiger partial charge in [0.05, 0.1) is 5.75 Å². The number of hydrogen-bond acceptors (Lipinski definition) is 5. The Morgan fingerprint density at radius 3 is 2.75 bits per heavy atom. The summed E-state index contributed by atoms with van der Waals surface area (Å²) in [5.41, 5.74) is 3.92. The van der Waals surface area contributed by atoms with Crippen molar-refractivity contribution in [3.63, 3.8) is 0 Å². The average Bonchev–Trinajstić information content (AvgIpc) is 2.97. The Labute approximate surface area is 140 Å². The minimum atomic E-state index is -2.98. The number of aromatic nitrogens is 2. The van der Waals surface area contributed by atoms with Crippen LogP contribution in [0.1, 0.15) is 27.3 Å². The van der Waals surface area contributed by atoms with Gasteiger partial charge in [0.15, 0.2) is 5.69 Å². The molecular formula is C16H20N4O3S. The third-order valence-electron chi connectivity index (χ3n) is 3.99. The molecule has 3 N–H and O–H groups in total. The molecule has 1 aromatic carbocycles.